The van der Waals surface area contributed by atoms with Crippen molar-refractivity contribution >= 4 is 34.6 Å². The minimum atomic E-state index is -4.57. The second-order valence-electron chi connectivity index (χ2n) is 8.12. The molecule has 2 amide bonds. The molecule has 0 radical (unpaired) electrons. The summed E-state index contributed by atoms with van der Waals surface area (Å²) in [6.07, 6.45) is 1.48. The molecule has 0 spiro atoms. The topological polar surface area (TPSA) is 90.5 Å². The smallest absolute Gasteiger partial charge is 0.416 e. The van der Waals surface area contributed by atoms with E-state index in [1.54, 1.807) is 12.1 Å². The molecule has 1 fully saturated rings. The number of ether oxygens (including phenoxy) is 1. The monoisotopic (exact) mass is 460 g/mol. The van der Waals surface area contributed by atoms with Gasteiger partial charge in [0.25, 0.3) is 0 Å². The second kappa shape index (κ2) is 8.76. The number of carbonyl (C=O) groups is 2. The van der Waals surface area contributed by atoms with Crippen molar-refractivity contribution in [1.82, 2.24) is 9.78 Å². The van der Waals surface area contributed by atoms with Crippen LogP contribution >= 0.6 is 0 Å². The lowest BCUT2D eigenvalue weighted by Gasteiger charge is -2.25. The van der Waals surface area contributed by atoms with Crippen LogP contribution in [0.25, 0.3) is 10.9 Å². The molecule has 174 valence electrons. The number of alkyl halides is 3. The summed E-state index contributed by atoms with van der Waals surface area (Å²) in [4.78, 5) is 24.3. The summed E-state index contributed by atoms with van der Waals surface area (Å²) in [5.74, 6) is 0.322. The van der Waals surface area contributed by atoms with Crippen molar-refractivity contribution in [3.8, 4) is 5.75 Å². The number of halogens is 3. The summed E-state index contributed by atoms with van der Waals surface area (Å²) in [5.41, 5.74) is 5.47. The van der Waals surface area contributed by atoms with Crippen molar-refractivity contribution in [2.75, 3.05) is 12.0 Å². The van der Waals surface area contributed by atoms with Gasteiger partial charge < -0.3 is 15.3 Å². The van der Waals surface area contributed by atoms with E-state index in [1.165, 1.54) is 19.2 Å². The number of anilines is 2. The highest BCUT2D eigenvalue weighted by Crippen LogP contribution is 2.40. The Bertz CT molecular complexity index is 1180. The SMILES string of the molecule is COc1cc2nn(C3CCC(C=O)CC3)cc2cc1N(C(N)=O)c1cccc(C(F)(F)F)c1. The zero-order chi connectivity index (χ0) is 23.8. The Kier molecular flexibility index (Phi) is 6.01. The highest BCUT2D eigenvalue weighted by Gasteiger charge is 2.32. The molecule has 1 saturated carbocycles. The van der Waals surface area contributed by atoms with Gasteiger partial charge in [0.1, 0.15) is 12.0 Å². The standard InChI is InChI=1S/C23H23F3N4O3/c1-33-21-11-19-15(12-29(28-19)17-7-5-14(13-31)6-8-17)9-20(21)30(22(27)32)18-4-2-3-16(10-18)23(24,25)26/h2-4,9-14,17H,5-8H2,1H3,(H2,27,32). The van der Waals surface area contributed by atoms with E-state index in [0.717, 1.165) is 49.0 Å². The van der Waals surface area contributed by atoms with Crippen LogP contribution in [0.1, 0.15) is 37.3 Å². The number of benzene rings is 2. The van der Waals surface area contributed by atoms with Crippen LogP contribution in [0.2, 0.25) is 0 Å². The van der Waals surface area contributed by atoms with Gasteiger partial charge in [-0.3, -0.25) is 9.58 Å². The Labute approximate surface area is 187 Å². The number of aldehydes is 1. The summed E-state index contributed by atoms with van der Waals surface area (Å²) < 4.78 is 46.9. The van der Waals surface area contributed by atoms with Gasteiger partial charge in [0.05, 0.1) is 35.6 Å². The Morgan fingerprint density at radius 3 is 2.55 bits per heavy atom. The first-order chi connectivity index (χ1) is 15.7. The molecule has 3 aromatic rings. The minimum Gasteiger partial charge on any atom is -0.494 e. The van der Waals surface area contributed by atoms with E-state index in [-0.39, 0.29) is 29.1 Å². The number of hydrogen-bond donors (Lipinski definition) is 1. The number of amides is 2. The third-order valence-electron chi connectivity index (χ3n) is 6.02. The maximum atomic E-state index is 13.2. The predicted octanol–water partition coefficient (Wildman–Crippen LogP) is 5.21. The molecule has 0 saturated heterocycles. The number of hydrogen-bond acceptors (Lipinski definition) is 4. The fourth-order valence-electron chi connectivity index (χ4n) is 4.29. The normalized spacial score (nSPS) is 18.8. The van der Waals surface area contributed by atoms with E-state index in [1.807, 2.05) is 10.9 Å². The largest absolute Gasteiger partial charge is 0.494 e. The molecule has 0 unspecified atom stereocenters. The van der Waals surface area contributed by atoms with Crippen molar-refractivity contribution in [2.24, 2.45) is 11.7 Å². The van der Waals surface area contributed by atoms with Gasteiger partial charge in [-0.1, -0.05) is 6.07 Å². The Morgan fingerprint density at radius 2 is 1.94 bits per heavy atom. The summed E-state index contributed by atoms with van der Waals surface area (Å²) in [7, 11) is 1.40. The van der Waals surface area contributed by atoms with Gasteiger partial charge in [0, 0.05) is 23.6 Å². The van der Waals surface area contributed by atoms with E-state index in [0.29, 0.717) is 10.9 Å². The zero-order valence-electron chi connectivity index (χ0n) is 17.9. The minimum absolute atomic E-state index is 0.0328. The lowest BCUT2D eigenvalue weighted by molar-refractivity contribution is -0.137. The Morgan fingerprint density at radius 1 is 1.21 bits per heavy atom. The Balaban J connectivity index is 1.75. The predicted molar refractivity (Wildman–Crippen MR) is 117 cm³/mol. The average Bonchev–Trinajstić information content (AvgIpc) is 3.21. The van der Waals surface area contributed by atoms with Crippen molar-refractivity contribution < 1.29 is 27.5 Å². The lowest BCUT2D eigenvalue weighted by atomic mass is 9.87. The molecule has 33 heavy (non-hydrogen) atoms. The van der Waals surface area contributed by atoms with Crippen LogP contribution in [-0.2, 0) is 11.0 Å². The fraction of sp³-hybridized carbons (Fsp3) is 0.348. The number of carbonyl (C=O) groups excluding carboxylic acids is 2. The average molecular weight is 460 g/mol. The van der Waals surface area contributed by atoms with Crippen LogP contribution in [0.3, 0.4) is 0 Å². The van der Waals surface area contributed by atoms with E-state index in [2.05, 4.69) is 5.10 Å². The van der Waals surface area contributed by atoms with Crippen LogP contribution in [-0.4, -0.2) is 29.2 Å². The molecule has 10 heteroatoms. The maximum Gasteiger partial charge on any atom is 0.416 e. The molecule has 0 aliphatic heterocycles. The fourth-order valence-corrected chi connectivity index (χ4v) is 4.29. The maximum absolute atomic E-state index is 13.2. The number of fused-ring (bicyclic) bond motifs is 1. The van der Waals surface area contributed by atoms with Crippen molar-refractivity contribution in [1.29, 1.82) is 0 Å². The van der Waals surface area contributed by atoms with Crippen LogP contribution in [0.5, 0.6) is 5.75 Å². The van der Waals surface area contributed by atoms with E-state index >= 15 is 0 Å². The summed E-state index contributed by atoms with van der Waals surface area (Å²) in [6.45, 7) is 0. The first-order valence-corrected chi connectivity index (χ1v) is 10.5. The van der Waals surface area contributed by atoms with E-state index in [9.17, 15) is 22.8 Å². The van der Waals surface area contributed by atoms with Crippen molar-refractivity contribution in [3.63, 3.8) is 0 Å². The van der Waals surface area contributed by atoms with Gasteiger partial charge in [0.15, 0.2) is 0 Å². The first kappa shape index (κ1) is 22.6. The van der Waals surface area contributed by atoms with Crippen LogP contribution < -0.4 is 15.4 Å². The number of urea groups is 1. The Hall–Kier alpha value is -3.56. The summed E-state index contributed by atoms with van der Waals surface area (Å²) >= 11 is 0. The van der Waals surface area contributed by atoms with Crippen molar-refractivity contribution in [3.05, 3.63) is 48.2 Å². The van der Waals surface area contributed by atoms with E-state index in [4.69, 9.17) is 10.5 Å². The summed E-state index contributed by atoms with van der Waals surface area (Å²) in [6, 6.07) is 6.81. The number of nitrogens with two attached hydrogens (primary N) is 1. The molecular formula is C23H23F3N4O3. The molecule has 2 N–H and O–H groups in total. The molecule has 0 bridgehead atoms. The molecular weight excluding hydrogens is 437 g/mol. The quantitative estimate of drug-likeness (QED) is 0.529. The van der Waals surface area contributed by atoms with Gasteiger partial charge in [-0.15, -0.1) is 0 Å². The molecule has 2 aromatic carbocycles. The first-order valence-electron chi connectivity index (χ1n) is 10.5. The number of nitrogens with zero attached hydrogens (tertiary/aromatic N) is 3. The van der Waals surface area contributed by atoms with Crippen LogP contribution in [0, 0.1) is 5.92 Å². The highest BCUT2D eigenvalue weighted by atomic mass is 19.4. The molecule has 4 rings (SSSR count). The molecule has 1 aliphatic rings. The number of methoxy groups -OCH3 is 1. The second-order valence-corrected chi connectivity index (χ2v) is 8.12. The van der Waals surface area contributed by atoms with Gasteiger partial charge in [0.2, 0.25) is 0 Å². The number of rotatable bonds is 5. The molecule has 1 aliphatic carbocycles. The van der Waals surface area contributed by atoms with Gasteiger partial charge in [-0.25, -0.2) is 4.79 Å². The van der Waals surface area contributed by atoms with Gasteiger partial charge >= 0.3 is 12.2 Å². The van der Waals surface area contributed by atoms with E-state index < -0.39 is 17.8 Å². The third-order valence-corrected chi connectivity index (χ3v) is 6.02. The molecule has 0 atom stereocenters. The molecule has 1 heterocycles. The zero-order valence-corrected chi connectivity index (χ0v) is 17.9. The van der Waals surface area contributed by atoms with Gasteiger partial charge in [-0.05, 0) is 49.9 Å². The summed E-state index contributed by atoms with van der Waals surface area (Å²) in [5, 5.41) is 5.31. The lowest BCUT2D eigenvalue weighted by Crippen LogP contribution is -2.32. The third kappa shape index (κ3) is 4.50. The molecule has 7 nitrogen and oxygen atoms in total. The van der Waals surface area contributed by atoms with Crippen molar-refractivity contribution in [2.45, 2.75) is 37.9 Å². The number of aromatic nitrogens is 2. The highest BCUT2D eigenvalue weighted by molar-refractivity contribution is 6.02. The van der Waals surface area contributed by atoms with Crippen LogP contribution in [0.4, 0.5) is 29.3 Å². The number of primary amides is 1. The van der Waals surface area contributed by atoms with Crippen LogP contribution in [0.15, 0.2) is 42.6 Å². The molecule has 1 aromatic heterocycles. The van der Waals surface area contributed by atoms with Gasteiger partial charge in [-0.2, -0.15) is 18.3 Å².